The quantitative estimate of drug-likeness (QED) is 0.399. The van der Waals surface area contributed by atoms with E-state index in [2.05, 4.69) is 70.1 Å². The Morgan fingerprint density at radius 3 is 2.78 bits per heavy atom. The zero-order valence-electron chi connectivity index (χ0n) is 18.8. The van der Waals surface area contributed by atoms with Crippen LogP contribution >= 0.6 is 0 Å². The molecule has 0 spiro atoms. The van der Waals surface area contributed by atoms with E-state index >= 15 is 0 Å². The minimum Gasteiger partial charge on any atom is -0.508 e. The Hall–Kier alpha value is -3.38. The second-order valence-corrected chi connectivity index (χ2v) is 8.74. The number of phenolic OH excluding ortho intramolecular Hbond substituents is 1. The van der Waals surface area contributed by atoms with Crippen LogP contribution in [0.2, 0.25) is 0 Å². The number of nitrogens with zero attached hydrogens (tertiary/aromatic N) is 3. The summed E-state index contributed by atoms with van der Waals surface area (Å²) in [7, 11) is 0. The van der Waals surface area contributed by atoms with E-state index in [0.29, 0.717) is 11.8 Å². The Kier molecular flexibility index (Phi) is 5.31. The SMILES string of the molecule is CCc1cc(O)ccc1-c1ccc2c(-c3ncc(C4=CCN(C(C)C)CC4)[nH]3)n[nH]c2c1. The number of rotatable bonds is 5. The molecule has 164 valence electrons. The van der Waals surface area contributed by atoms with Crippen molar-refractivity contribution in [1.29, 1.82) is 0 Å². The van der Waals surface area contributed by atoms with Gasteiger partial charge in [0.25, 0.3) is 0 Å². The number of H-pyrrole nitrogens is 2. The fourth-order valence-electron chi connectivity index (χ4n) is 4.53. The van der Waals surface area contributed by atoms with Crippen LogP contribution in [0.1, 0.15) is 38.4 Å². The lowest BCUT2D eigenvalue weighted by Gasteiger charge is -2.29. The zero-order chi connectivity index (χ0) is 22.2. The van der Waals surface area contributed by atoms with Crippen LogP contribution in [0.3, 0.4) is 0 Å². The zero-order valence-corrected chi connectivity index (χ0v) is 18.8. The van der Waals surface area contributed by atoms with Gasteiger partial charge in [0, 0.05) is 24.5 Å². The number of aryl methyl sites for hydroxylation is 1. The van der Waals surface area contributed by atoms with Crippen molar-refractivity contribution in [1.82, 2.24) is 25.1 Å². The van der Waals surface area contributed by atoms with Gasteiger partial charge in [0.05, 0.1) is 17.4 Å². The lowest BCUT2D eigenvalue weighted by molar-refractivity contribution is 0.245. The van der Waals surface area contributed by atoms with E-state index in [0.717, 1.165) is 70.7 Å². The summed E-state index contributed by atoms with van der Waals surface area (Å²) in [6, 6.07) is 12.4. The van der Waals surface area contributed by atoms with Crippen molar-refractivity contribution >= 4 is 16.5 Å². The highest BCUT2D eigenvalue weighted by molar-refractivity contribution is 5.94. The molecule has 32 heavy (non-hydrogen) atoms. The number of aromatic nitrogens is 4. The van der Waals surface area contributed by atoms with Gasteiger partial charge in [-0.1, -0.05) is 25.1 Å². The minimum absolute atomic E-state index is 0.300. The van der Waals surface area contributed by atoms with E-state index in [1.807, 2.05) is 18.3 Å². The molecule has 6 nitrogen and oxygen atoms in total. The molecule has 2 aromatic carbocycles. The maximum Gasteiger partial charge on any atom is 0.159 e. The van der Waals surface area contributed by atoms with Crippen molar-refractivity contribution in [2.45, 2.75) is 39.7 Å². The molecule has 1 aliphatic heterocycles. The van der Waals surface area contributed by atoms with Gasteiger partial charge in [0.2, 0.25) is 0 Å². The van der Waals surface area contributed by atoms with Crippen LogP contribution < -0.4 is 0 Å². The maximum atomic E-state index is 9.82. The van der Waals surface area contributed by atoms with Crippen LogP contribution in [-0.4, -0.2) is 49.3 Å². The van der Waals surface area contributed by atoms with E-state index in [-0.39, 0.29) is 0 Å². The molecule has 0 saturated heterocycles. The van der Waals surface area contributed by atoms with Gasteiger partial charge in [-0.2, -0.15) is 5.10 Å². The lowest BCUT2D eigenvalue weighted by Crippen LogP contribution is -2.34. The molecule has 2 aromatic heterocycles. The summed E-state index contributed by atoms with van der Waals surface area (Å²) in [6.07, 6.45) is 6.11. The van der Waals surface area contributed by atoms with Gasteiger partial charge < -0.3 is 10.1 Å². The van der Waals surface area contributed by atoms with E-state index in [1.165, 1.54) is 5.57 Å². The smallest absolute Gasteiger partial charge is 0.159 e. The van der Waals surface area contributed by atoms with Crippen LogP contribution in [0.15, 0.2) is 48.7 Å². The predicted octanol–water partition coefficient (Wildman–Crippen LogP) is 5.39. The van der Waals surface area contributed by atoms with E-state index < -0.39 is 0 Å². The average molecular weight is 428 g/mol. The fraction of sp³-hybridized carbons (Fsp3) is 0.308. The summed E-state index contributed by atoms with van der Waals surface area (Å²) >= 11 is 0. The number of imidazole rings is 1. The third kappa shape index (κ3) is 3.71. The first-order chi connectivity index (χ1) is 15.5. The molecule has 5 rings (SSSR count). The molecule has 0 aliphatic carbocycles. The standard InChI is InChI=1S/C26H29N5O/c1-4-17-13-20(32)6-8-21(17)19-5-7-22-23(14-19)29-30-25(22)26-27-15-24(28-26)18-9-11-31(12-10-18)16(2)3/h5-9,13-16,32H,4,10-12H2,1-3H3,(H,27,28)(H,29,30). The van der Waals surface area contributed by atoms with Gasteiger partial charge in [0.1, 0.15) is 11.4 Å². The minimum atomic E-state index is 0.300. The van der Waals surface area contributed by atoms with Gasteiger partial charge in [-0.05, 0) is 73.2 Å². The Morgan fingerprint density at radius 1 is 1.16 bits per heavy atom. The average Bonchev–Trinajstić information content (AvgIpc) is 3.45. The first-order valence-corrected chi connectivity index (χ1v) is 11.3. The molecular formula is C26H29N5O. The molecule has 0 unspecified atom stereocenters. The largest absolute Gasteiger partial charge is 0.508 e. The molecule has 0 fully saturated rings. The Morgan fingerprint density at radius 2 is 2.03 bits per heavy atom. The van der Waals surface area contributed by atoms with Gasteiger partial charge in [-0.25, -0.2) is 4.98 Å². The van der Waals surface area contributed by atoms with Crippen molar-refractivity contribution in [2.75, 3.05) is 13.1 Å². The third-order valence-corrected chi connectivity index (χ3v) is 6.46. The Bertz CT molecular complexity index is 1300. The normalized spacial score (nSPS) is 14.9. The van der Waals surface area contributed by atoms with Gasteiger partial charge >= 0.3 is 0 Å². The van der Waals surface area contributed by atoms with Crippen LogP contribution in [0.25, 0.3) is 39.1 Å². The van der Waals surface area contributed by atoms with Crippen molar-refractivity contribution < 1.29 is 5.11 Å². The molecule has 3 heterocycles. The molecule has 0 bridgehead atoms. The van der Waals surface area contributed by atoms with Crippen LogP contribution in [0.4, 0.5) is 0 Å². The highest BCUT2D eigenvalue weighted by atomic mass is 16.3. The number of aromatic amines is 2. The topological polar surface area (TPSA) is 80.8 Å². The monoisotopic (exact) mass is 427 g/mol. The number of aromatic hydroxyl groups is 1. The summed E-state index contributed by atoms with van der Waals surface area (Å²) in [5.74, 6) is 1.08. The molecule has 0 atom stereocenters. The van der Waals surface area contributed by atoms with Crippen LogP contribution in [-0.2, 0) is 6.42 Å². The number of hydrogen-bond donors (Lipinski definition) is 3. The molecule has 3 N–H and O–H groups in total. The molecular weight excluding hydrogens is 398 g/mol. The molecule has 1 aliphatic rings. The van der Waals surface area contributed by atoms with Crippen molar-refractivity contribution in [3.8, 4) is 28.4 Å². The predicted molar refractivity (Wildman–Crippen MR) is 129 cm³/mol. The first kappa shape index (κ1) is 20.5. The van der Waals surface area contributed by atoms with Crippen molar-refractivity contribution in [3.63, 3.8) is 0 Å². The Labute approximate surface area is 188 Å². The van der Waals surface area contributed by atoms with E-state index in [9.17, 15) is 5.11 Å². The van der Waals surface area contributed by atoms with Gasteiger partial charge in [0.15, 0.2) is 5.82 Å². The Balaban J connectivity index is 1.45. The maximum absolute atomic E-state index is 9.82. The molecule has 0 amide bonds. The summed E-state index contributed by atoms with van der Waals surface area (Å²) in [5.41, 5.74) is 7.55. The second-order valence-electron chi connectivity index (χ2n) is 8.74. The summed E-state index contributed by atoms with van der Waals surface area (Å²) in [4.78, 5) is 10.6. The summed E-state index contributed by atoms with van der Waals surface area (Å²) < 4.78 is 0. The number of benzene rings is 2. The van der Waals surface area contributed by atoms with E-state index in [1.54, 1.807) is 6.07 Å². The number of hydrogen-bond acceptors (Lipinski definition) is 4. The van der Waals surface area contributed by atoms with Crippen LogP contribution in [0.5, 0.6) is 5.75 Å². The molecule has 0 radical (unpaired) electrons. The lowest BCUT2D eigenvalue weighted by atomic mass is 9.97. The number of nitrogens with one attached hydrogen (secondary N) is 2. The fourth-order valence-corrected chi connectivity index (χ4v) is 4.53. The second kappa shape index (κ2) is 8.28. The molecule has 0 saturated carbocycles. The van der Waals surface area contributed by atoms with Crippen molar-refractivity contribution in [3.05, 3.63) is 59.9 Å². The van der Waals surface area contributed by atoms with Gasteiger partial charge in [-0.15, -0.1) is 0 Å². The van der Waals surface area contributed by atoms with Crippen molar-refractivity contribution in [2.24, 2.45) is 0 Å². The molecule has 4 aromatic rings. The highest BCUT2D eigenvalue weighted by Gasteiger charge is 2.18. The van der Waals surface area contributed by atoms with E-state index in [4.69, 9.17) is 0 Å². The third-order valence-electron chi connectivity index (χ3n) is 6.46. The summed E-state index contributed by atoms with van der Waals surface area (Å²) in [6.45, 7) is 8.63. The molecule has 6 heteroatoms. The number of fused-ring (bicyclic) bond motifs is 1. The van der Waals surface area contributed by atoms with Crippen LogP contribution in [0, 0.1) is 0 Å². The highest BCUT2D eigenvalue weighted by Crippen LogP contribution is 2.32. The number of phenols is 1. The van der Waals surface area contributed by atoms with Gasteiger partial charge in [-0.3, -0.25) is 10.00 Å². The first-order valence-electron chi connectivity index (χ1n) is 11.3. The summed E-state index contributed by atoms with van der Waals surface area (Å²) in [5, 5.41) is 18.6.